The summed E-state index contributed by atoms with van der Waals surface area (Å²) in [7, 11) is 0. The highest BCUT2D eigenvalue weighted by molar-refractivity contribution is 5.69. The van der Waals surface area contributed by atoms with E-state index in [2.05, 4.69) is 38.2 Å². The fourth-order valence-electron chi connectivity index (χ4n) is 4.54. The summed E-state index contributed by atoms with van der Waals surface area (Å²) in [6, 6.07) is 0. The molecule has 36 heavy (non-hydrogen) atoms. The molecule has 0 aromatic heterocycles. The van der Waals surface area contributed by atoms with E-state index < -0.39 is 0 Å². The van der Waals surface area contributed by atoms with Gasteiger partial charge in [0.1, 0.15) is 0 Å². The van der Waals surface area contributed by atoms with E-state index in [0.717, 1.165) is 51.4 Å². The molecule has 0 saturated heterocycles. The van der Waals surface area contributed by atoms with Gasteiger partial charge in [0, 0.05) is 12.8 Å². The third-order valence-electron chi connectivity index (χ3n) is 7.24. The van der Waals surface area contributed by atoms with Crippen molar-refractivity contribution in [3.63, 3.8) is 0 Å². The first-order chi connectivity index (χ1) is 17.6. The molecule has 0 aliphatic carbocycles. The van der Waals surface area contributed by atoms with Crippen LogP contribution in [0.4, 0.5) is 0 Å². The van der Waals surface area contributed by atoms with Gasteiger partial charge < -0.3 is 9.47 Å². The zero-order chi connectivity index (χ0) is 26.1. The largest absolute Gasteiger partial charge is 0.466 e. The number of cyclic esters (lactones) is 2. The fraction of sp³-hybridized carbons (Fsp3) is 0.812. The first-order valence-electron chi connectivity index (χ1n) is 15.2. The Morgan fingerprint density at radius 1 is 0.500 bits per heavy atom. The van der Waals surface area contributed by atoms with Gasteiger partial charge >= 0.3 is 11.9 Å². The van der Waals surface area contributed by atoms with Gasteiger partial charge in [0.05, 0.1) is 13.2 Å². The summed E-state index contributed by atoms with van der Waals surface area (Å²) in [6.45, 7) is 5.68. The van der Waals surface area contributed by atoms with Gasteiger partial charge in [0.25, 0.3) is 0 Å². The van der Waals surface area contributed by atoms with Crippen LogP contribution in [-0.2, 0) is 19.1 Å². The van der Waals surface area contributed by atoms with E-state index in [1.54, 1.807) is 0 Å². The Hall–Kier alpha value is -1.58. The maximum absolute atomic E-state index is 11.4. The van der Waals surface area contributed by atoms with Crippen LogP contribution in [0, 0.1) is 11.8 Å². The van der Waals surface area contributed by atoms with Crippen molar-refractivity contribution in [1.29, 1.82) is 0 Å². The summed E-state index contributed by atoms with van der Waals surface area (Å²) < 4.78 is 10.5. The highest BCUT2D eigenvalue weighted by Crippen LogP contribution is 2.15. The normalized spacial score (nSPS) is 25.6. The summed E-state index contributed by atoms with van der Waals surface area (Å²) >= 11 is 0. The van der Waals surface area contributed by atoms with E-state index in [9.17, 15) is 9.59 Å². The first-order valence-corrected chi connectivity index (χ1v) is 15.2. The Bertz CT molecular complexity index is 543. The molecule has 0 amide bonds. The van der Waals surface area contributed by atoms with Crippen LogP contribution in [0.15, 0.2) is 24.3 Å². The van der Waals surface area contributed by atoms with Gasteiger partial charge in [-0.2, -0.15) is 0 Å². The van der Waals surface area contributed by atoms with Crippen LogP contribution in [0.1, 0.15) is 142 Å². The lowest BCUT2D eigenvalue weighted by Gasteiger charge is -2.10. The van der Waals surface area contributed by atoms with E-state index in [4.69, 9.17) is 9.47 Å². The predicted molar refractivity (Wildman–Crippen MR) is 151 cm³/mol. The molecule has 4 nitrogen and oxygen atoms in total. The molecule has 2 atom stereocenters. The second-order valence-electron chi connectivity index (χ2n) is 10.9. The molecule has 0 aromatic carbocycles. The number of hydrogen-bond donors (Lipinski definition) is 0. The zero-order valence-electron chi connectivity index (χ0n) is 23.7. The molecule has 0 unspecified atom stereocenters. The maximum atomic E-state index is 11.4. The number of allylic oxidation sites excluding steroid dienone is 4. The Kier molecular flexibility index (Phi) is 21.4. The van der Waals surface area contributed by atoms with Gasteiger partial charge in [0.2, 0.25) is 0 Å². The van der Waals surface area contributed by atoms with E-state index in [1.807, 2.05) is 0 Å². The van der Waals surface area contributed by atoms with Gasteiger partial charge in [-0.15, -0.1) is 0 Å². The van der Waals surface area contributed by atoms with Crippen molar-refractivity contribution < 1.29 is 19.1 Å². The lowest BCUT2D eigenvalue weighted by Crippen LogP contribution is -2.08. The Balaban J connectivity index is 0.000000360. The van der Waals surface area contributed by atoms with Gasteiger partial charge in [-0.3, -0.25) is 9.59 Å². The minimum Gasteiger partial charge on any atom is -0.466 e. The molecule has 2 aliphatic rings. The highest BCUT2D eigenvalue weighted by atomic mass is 16.5. The van der Waals surface area contributed by atoms with Gasteiger partial charge in [-0.1, -0.05) is 76.7 Å². The third kappa shape index (κ3) is 21.7. The molecular weight excluding hydrogens is 448 g/mol. The van der Waals surface area contributed by atoms with E-state index in [1.165, 1.54) is 64.2 Å². The van der Waals surface area contributed by atoms with Gasteiger partial charge in [0.15, 0.2) is 0 Å². The van der Waals surface area contributed by atoms with E-state index >= 15 is 0 Å². The second kappa shape index (κ2) is 23.8. The second-order valence-corrected chi connectivity index (χ2v) is 10.9. The van der Waals surface area contributed by atoms with Crippen molar-refractivity contribution in [3.05, 3.63) is 24.3 Å². The van der Waals surface area contributed by atoms with Crippen LogP contribution in [0.25, 0.3) is 0 Å². The molecule has 2 rings (SSSR count). The van der Waals surface area contributed by atoms with Crippen molar-refractivity contribution in [2.24, 2.45) is 11.8 Å². The Morgan fingerprint density at radius 3 is 1.31 bits per heavy atom. The average molecular weight is 505 g/mol. The summed E-state index contributed by atoms with van der Waals surface area (Å²) in [5.41, 5.74) is 0. The molecule has 208 valence electrons. The van der Waals surface area contributed by atoms with Crippen molar-refractivity contribution in [3.8, 4) is 0 Å². The summed E-state index contributed by atoms with van der Waals surface area (Å²) in [6.07, 6.45) is 31.6. The number of rotatable bonds is 0. The molecule has 0 bridgehead atoms. The molecule has 0 aromatic rings. The van der Waals surface area contributed by atoms with Crippen LogP contribution in [0.3, 0.4) is 0 Å². The lowest BCUT2D eigenvalue weighted by molar-refractivity contribution is -0.145. The van der Waals surface area contributed by atoms with Crippen LogP contribution < -0.4 is 0 Å². The number of carbonyl (C=O) groups is 2. The topological polar surface area (TPSA) is 52.6 Å². The van der Waals surface area contributed by atoms with Crippen LogP contribution >= 0.6 is 0 Å². The monoisotopic (exact) mass is 504 g/mol. The van der Waals surface area contributed by atoms with Crippen molar-refractivity contribution >= 4 is 11.9 Å². The average Bonchev–Trinajstić information content (AvgIpc) is 2.85. The molecule has 2 heterocycles. The number of ether oxygens (including phenoxy) is 2. The number of esters is 2. The standard InChI is InChI=1S/2C16H28O2/c2*1-15-11-9-7-5-3-2-4-6-8-10-12-16(17)18-14-13-15/h2*5,7,15H,2-4,6,8-14H2,1H3/t2*15-/m10/s1. The first kappa shape index (κ1) is 32.4. The summed E-state index contributed by atoms with van der Waals surface area (Å²) in [5, 5.41) is 0. The van der Waals surface area contributed by atoms with Crippen LogP contribution in [0.2, 0.25) is 0 Å². The SMILES string of the molecule is C[C@@H]1CCC=CCCCCCCCC(=O)OCC1.C[C@H]1CCC=CCCCCCCCC(=O)OCC1. The number of carbonyl (C=O) groups excluding carboxylic acids is 2. The summed E-state index contributed by atoms with van der Waals surface area (Å²) in [5.74, 6) is 1.29. The molecule has 0 radical (unpaired) electrons. The fourth-order valence-corrected chi connectivity index (χ4v) is 4.54. The Morgan fingerprint density at radius 2 is 0.861 bits per heavy atom. The maximum Gasteiger partial charge on any atom is 0.305 e. The van der Waals surface area contributed by atoms with Crippen molar-refractivity contribution in [1.82, 2.24) is 0 Å². The number of hydrogen-bond acceptors (Lipinski definition) is 4. The minimum absolute atomic E-state index is 0.00538. The van der Waals surface area contributed by atoms with Gasteiger partial charge in [-0.05, 0) is 88.9 Å². The molecule has 0 N–H and O–H groups in total. The quantitative estimate of drug-likeness (QED) is 0.244. The minimum atomic E-state index is -0.00538. The van der Waals surface area contributed by atoms with Gasteiger partial charge in [-0.25, -0.2) is 0 Å². The predicted octanol–water partition coefficient (Wildman–Crippen LogP) is 9.27. The smallest absolute Gasteiger partial charge is 0.305 e. The van der Waals surface area contributed by atoms with Crippen molar-refractivity contribution in [2.75, 3.05) is 13.2 Å². The molecule has 0 fully saturated rings. The Labute approximate surface area is 222 Å². The van der Waals surface area contributed by atoms with Crippen LogP contribution in [0.5, 0.6) is 0 Å². The third-order valence-corrected chi connectivity index (χ3v) is 7.24. The molecule has 0 saturated carbocycles. The summed E-state index contributed by atoms with van der Waals surface area (Å²) in [4.78, 5) is 22.9. The highest BCUT2D eigenvalue weighted by Gasteiger charge is 2.07. The lowest BCUT2D eigenvalue weighted by atomic mass is 10.0. The molecular formula is C32H56O4. The zero-order valence-corrected chi connectivity index (χ0v) is 23.7. The van der Waals surface area contributed by atoms with Crippen molar-refractivity contribution in [2.45, 2.75) is 142 Å². The van der Waals surface area contributed by atoms with E-state index in [0.29, 0.717) is 37.9 Å². The molecule has 2 aliphatic heterocycles. The molecule has 4 heteroatoms. The molecule has 0 spiro atoms. The van der Waals surface area contributed by atoms with Crippen LogP contribution in [-0.4, -0.2) is 25.2 Å². The van der Waals surface area contributed by atoms with E-state index in [-0.39, 0.29) is 11.9 Å².